The molecule has 0 saturated heterocycles. The van der Waals surface area contributed by atoms with Crippen molar-refractivity contribution in [3.63, 3.8) is 0 Å². The maximum Gasteiger partial charge on any atom is 0.235 e. The average Bonchev–Trinajstić information content (AvgIpc) is 2.27. The van der Waals surface area contributed by atoms with Gasteiger partial charge < -0.3 is 4.74 Å². The highest BCUT2D eigenvalue weighted by molar-refractivity contribution is 6.30. The van der Waals surface area contributed by atoms with Gasteiger partial charge in [-0.15, -0.1) is 0 Å². The fraction of sp³-hybridized carbons (Fsp3) is 0.417. The number of carbonyl (C=O) groups excluding carboxylic acids is 1. The molecule has 17 heavy (non-hydrogen) atoms. The van der Waals surface area contributed by atoms with Gasteiger partial charge in [0.1, 0.15) is 17.1 Å². The summed E-state index contributed by atoms with van der Waals surface area (Å²) in [4.78, 5) is 14.3. The molecule has 0 atom stereocenters. The summed E-state index contributed by atoms with van der Waals surface area (Å²) in [6.45, 7) is 0. The number of aliphatic imine (C=N–C) groups is 1. The van der Waals surface area contributed by atoms with E-state index in [-0.39, 0.29) is 5.02 Å². The Kier molecular flexibility index (Phi) is 3.18. The first-order chi connectivity index (χ1) is 8.13. The number of hydrogen-bond donors (Lipinski definition) is 0. The van der Waals surface area contributed by atoms with Gasteiger partial charge in [-0.05, 0) is 25.3 Å². The molecule has 0 bridgehead atoms. The number of isocyanates is 1. The summed E-state index contributed by atoms with van der Waals surface area (Å²) in [7, 11) is 1.45. The minimum Gasteiger partial charge on any atom is -0.496 e. The minimum absolute atomic E-state index is 0.00757. The van der Waals surface area contributed by atoms with Crippen LogP contribution >= 0.6 is 11.6 Å². The van der Waals surface area contributed by atoms with E-state index in [0.29, 0.717) is 11.3 Å². The zero-order valence-corrected chi connectivity index (χ0v) is 10.1. The molecule has 1 aliphatic rings. The van der Waals surface area contributed by atoms with Crippen LogP contribution in [0.3, 0.4) is 0 Å². The Morgan fingerprint density at radius 1 is 1.53 bits per heavy atom. The van der Waals surface area contributed by atoms with Gasteiger partial charge in [-0.1, -0.05) is 11.6 Å². The zero-order valence-electron chi connectivity index (χ0n) is 9.30. The van der Waals surface area contributed by atoms with Gasteiger partial charge in [-0.2, -0.15) is 4.99 Å². The smallest absolute Gasteiger partial charge is 0.235 e. The van der Waals surface area contributed by atoms with E-state index < -0.39 is 11.4 Å². The lowest BCUT2D eigenvalue weighted by Crippen LogP contribution is -2.32. The summed E-state index contributed by atoms with van der Waals surface area (Å²) in [6.07, 6.45) is 3.98. The van der Waals surface area contributed by atoms with Crippen LogP contribution in [0.4, 0.5) is 4.39 Å². The van der Waals surface area contributed by atoms with Crippen molar-refractivity contribution in [3.05, 3.63) is 28.5 Å². The molecule has 3 nitrogen and oxygen atoms in total. The number of benzene rings is 1. The van der Waals surface area contributed by atoms with E-state index in [1.54, 1.807) is 6.08 Å². The monoisotopic (exact) mass is 255 g/mol. The van der Waals surface area contributed by atoms with Crippen molar-refractivity contribution in [3.8, 4) is 5.75 Å². The van der Waals surface area contributed by atoms with Gasteiger partial charge in [0, 0.05) is 11.6 Å². The van der Waals surface area contributed by atoms with Crippen LogP contribution in [0.1, 0.15) is 24.8 Å². The Balaban J connectivity index is 2.57. The number of hydrogen-bond acceptors (Lipinski definition) is 3. The molecule has 0 aromatic heterocycles. The zero-order chi connectivity index (χ0) is 12.5. The van der Waals surface area contributed by atoms with E-state index in [1.807, 2.05) is 0 Å². The van der Waals surface area contributed by atoms with Gasteiger partial charge in [0.05, 0.1) is 12.1 Å². The van der Waals surface area contributed by atoms with Crippen molar-refractivity contribution in [2.75, 3.05) is 7.11 Å². The Morgan fingerprint density at radius 2 is 2.24 bits per heavy atom. The molecule has 1 fully saturated rings. The molecule has 1 aromatic carbocycles. The van der Waals surface area contributed by atoms with Gasteiger partial charge in [-0.3, -0.25) is 0 Å². The van der Waals surface area contributed by atoms with Crippen LogP contribution in [0.2, 0.25) is 5.02 Å². The van der Waals surface area contributed by atoms with Crippen molar-refractivity contribution in [1.82, 2.24) is 0 Å². The van der Waals surface area contributed by atoms with Crippen molar-refractivity contribution >= 4 is 17.7 Å². The van der Waals surface area contributed by atoms with E-state index in [1.165, 1.54) is 19.2 Å². The van der Waals surface area contributed by atoms with Crippen LogP contribution in [0.25, 0.3) is 0 Å². The van der Waals surface area contributed by atoms with E-state index in [2.05, 4.69) is 4.99 Å². The molecule has 1 aliphatic carbocycles. The standard InChI is InChI=1S/C12H11ClFNO2/c1-17-11-6-10(14)9(13)5-8(11)12(15-7-16)3-2-4-12/h5-6H,2-4H2,1H3. The van der Waals surface area contributed by atoms with E-state index in [0.717, 1.165) is 19.3 Å². The van der Waals surface area contributed by atoms with Crippen LogP contribution in [0.15, 0.2) is 17.1 Å². The van der Waals surface area contributed by atoms with Crippen LogP contribution in [-0.4, -0.2) is 13.2 Å². The average molecular weight is 256 g/mol. The summed E-state index contributed by atoms with van der Waals surface area (Å²) >= 11 is 5.76. The summed E-state index contributed by atoms with van der Waals surface area (Å²) in [5.41, 5.74) is 0.0192. The van der Waals surface area contributed by atoms with Crippen LogP contribution < -0.4 is 4.74 Å². The maximum absolute atomic E-state index is 13.3. The maximum atomic E-state index is 13.3. The summed E-state index contributed by atoms with van der Waals surface area (Å²) in [5.74, 6) is -0.178. The van der Waals surface area contributed by atoms with Crippen LogP contribution in [-0.2, 0) is 10.3 Å². The molecule has 2 rings (SSSR count). The molecule has 0 aliphatic heterocycles. The SMILES string of the molecule is COc1cc(F)c(Cl)cc1C1(N=C=O)CCC1. The van der Waals surface area contributed by atoms with Crippen molar-refractivity contribution < 1.29 is 13.9 Å². The largest absolute Gasteiger partial charge is 0.496 e. The molecule has 0 heterocycles. The highest BCUT2D eigenvalue weighted by Gasteiger charge is 2.41. The molecular formula is C12H11ClFNO2. The Hall–Kier alpha value is -1.38. The molecule has 1 saturated carbocycles. The summed E-state index contributed by atoms with van der Waals surface area (Å²) in [5, 5.41) is 0.00757. The van der Waals surface area contributed by atoms with E-state index in [4.69, 9.17) is 16.3 Å². The minimum atomic E-state index is -0.634. The van der Waals surface area contributed by atoms with Gasteiger partial charge >= 0.3 is 0 Å². The first-order valence-electron chi connectivity index (χ1n) is 5.25. The molecular weight excluding hydrogens is 245 g/mol. The molecule has 0 spiro atoms. The lowest BCUT2D eigenvalue weighted by molar-refractivity contribution is 0.245. The number of methoxy groups -OCH3 is 1. The normalized spacial score (nSPS) is 16.9. The lowest BCUT2D eigenvalue weighted by atomic mass is 9.72. The third kappa shape index (κ3) is 1.94. The first kappa shape index (κ1) is 12.1. The molecule has 1 aromatic rings. The second-order valence-electron chi connectivity index (χ2n) is 4.05. The highest BCUT2D eigenvalue weighted by atomic mass is 35.5. The molecule has 90 valence electrons. The molecule has 0 N–H and O–H groups in total. The molecule has 0 radical (unpaired) electrons. The predicted octanol–water partition coefficient (Wildman–Crippen LogP) is 3.20. The van der Waals surface area contributed by atoms with E-state index in [9.17, 15) is 9.18 Å². The van der Waals surface area contributed by atoms with Gasteiger partial charge in [0.25, 0.3) is 0 Å². The predicted molar refractivity (Wildman–Crippen MR) is 61.6 cm³/mol. The second kappa shape index (κ2) is 4.47. The Bertz CT molecular complexity index is 494. The summed E-state index contributed by atoms with van der Waals surface area (Å²) in [6, 6.07) is 2.70. The number of halogens is 2. The van der Waals surface area contributed by atoms with Crippen LogP contribution in [0, 0.1) is 5.82 Å². The Morgan fingerprint density at radius 3 is 2.71 bits per heavy atom. The van der Waals surface area contributed by atoms with Crippen molar-refractivity contribution in [2.45, 2.75) is 24.8 Å². The highest BCUT2D eigenvalue weighted by Crippen LogP contribution is 2.48. The third-order valence-electron chi connectivity index (χ3n) is 3.18. The Labute approximate surface area is 103 Å². The lowest BCUT2D eigenvalue weighted by Gasteiger charge is -2.37. The number of nitrogens with zero attached hydrogens (tertiary/aromatic N) is 1. The topological polar surface area (TPSA) is 38.7 Å². The molecule has 0 amide bonds. The number of ether oxygens (including phenoxy) is 1. The van der Waals surface area contributed by atoms with E-state index >= 15 is 0 Å². The van der Waals surface area contributed by atoms with Gasteiger partial charge in [-0.25, -0.2) is 9.18 Å². The fourth-order valence-electron chi connectivity index (χ4n) is 2.10. The van der Waals surface area contributed by atoms with Crippen molar-refractivity contribution in [2.24, 2.45) is 4.99 Å². The number of rotatable bonds is 3. The quantitative estimate of drug-likeness (QED) is 0.615. The second-order valence-corrected chi connectivity index (χ2v) is 4.46. The molecule has 0 unspecified atom stereocenters. The fourth-order valence-corrected chi connectivity index (χ4v) is 2.27. The van der Waals surface area contributed by atoms with Gasteiger partial charge in [0.2, 0.25) is 6.08 Å². The first-order valence-corrected chi connectivity index (χ1v) is 5.63. The third-order valence-corrected chi connectivity index (χ3v) is 3.47. The molecule has 5 heteroatoms. The van der Waals surface area contributed by atoms with Gasteiger partial charge in [0.15, 0.2) is 0 Å². The van der Waals surface area contributed by atoms with Crippen LogP contribution in [0.5, 0.6) is 5.75 Å². The summed E-state index contributed by atoms with van der Waals surface area (Å²) < 4.78 is 18.4. The van der Waals surface area contributed by atoms with Crippen molar-refractivity contribution in [1.29, 1.82) is 0 Å².